The van der Waals surface area contributed by atoms with Gasteiger partial charge in [0.2, 0.25) is 0 Å². The Morgan fingerprint density at radius 1 is 0.514 bits per heavy atom. The molecule has 1 fully saturated rings. The number of carbonyl (C=O) groups is 1. The number of aliphatic hydroxyl groups is 3. The smallest absolute Gasteiger partial charge is 0.397 e. The molecule has 74 heavy (non-hydrogen) atoms. The second-order valence-electron chi connectivity index (χ2n) is 18.4. The van der Waals surface area contributed by atoms with Crippen molar-refractivity contribution in [1.82, 2.24) is 0 Å². The Balaban J connectivity index is 2.38. The van der Waals surface area contributed by atoms with Crippen molar-refractivity contribution >= 4 is 16.4 Å². The molecule has 1 rings (SSSR count). The van der Waals surface area contributed by atoms with Gasteiger partial charge in [0.25, 0.3) is 0 Å². The minimum atomic E-state index is -5.08. The third-order valence-corrected chi connectivity index (χ3v) is 12.2. The number of rotatable bonds is 47. The molecular weight excluding hydrogens is 957 g/mol. The van der Waals surface area contributed by atoms with E-state index < -0.39 is 59.8 Å². The van der Waals surface area contributed by atoms with Gasteiger partial charge in [0, 0.05) is 13.0 Å². The van der Waals surface area contributed by atoms with Crippen LogP contribution in [-0.2, 0) is 38.3 Å². The van der Waals surface area contributed by atoms with Crippen LogP contribution >= 0.6 is 0 Å². The van der Waals surface area contributed by atoms with E-state index in [0.29, 0.717) is 19.4 Å². The summed E-state index contributed by atoms with van der Waals surface area (Å²) in [5.41, 5.74) is 0. The Bertz CT molecular complexity index is 1790. The van der Waals surface area contributed by atoms with Crippen LogP contribution in [0.4, 0.5) is 0 Å². The highest BCUT2D eigenvalue weighted by Gasteiger charge is 2.48. The zero-order valence-electron chi connectivity index (χ0n) is 45.3. The third kappa shape index (κ3) is 42.5. The lowest BCUT2D eigenvalue weighted by Gasteiger charge is -2.41. The Morgan fingerprint density at radius 3 is 1.30 bits per heavy atom. The number of aliphatic hydroxyl groups excluding tert-OH is 3. The van der Waals surface area contributed by atoms with E-state index in [1.807, 2.05) is 6.08 Å². The van der Waals surface area contributed by atoms with Crippen molar-refractivity contribution in [3.8, 4) is 0 Å². The molecule has 0 aromatic heterocycles. The van der Waals surface area contributed by atoms with Gasteiger partial charge in [-0.05, 0) is 103 Å². The van der Waals surface area contributed by atoms with Gasteiger partial charge in [0.1, 0.15) is 30.5 Å². The van der Waals surface area contributed by atoms with Crippen molar-refractivity contribution < 1.29 is 56.2 Å². The average molecular weight is 1060 g/mol. The van der Waals surface area contributed by atoms with Crippen LogP contribution in [0.1, 0.15) is 181 Å². The summed E-state index contributed by atoms with van der Waals surface area (Å²) < 4.78 is 59.3. The molecule has 0 radical (unpaired) electrons. The number of carbonyl (C=O) groups excluding carboxylic acids is 1. The highest BCUT2D eigenvalue weighted by Crippen LogP contribution is 2.26. The summed E-state index contributed by atoms with van der Waals surface area (Å²) in [5, 5.41) is 30.8. The van der Waals surface area contributed by atoms with Crippen LogP contribution in [-0.4, -0.2) is 97.5 Å². The Kier molecular flexibility index (Phi) is 46.2. The number of ether oxygens (including phenoxy) is 4. The third-order valence-electron chi connectivity index (χ3n) is 11.8. The molecule has 13 heteroatoms. The molecule has 0 amide bonds. The molecule has 6 atom stereocenters. The summed E-state index contributed by atoms with van der Waals surface area (Å²) in [6, 6.07) is 0. The van der Waals surface area contributed by atoms with E-state index in [1.165, 1.54) is 51.4 Å². The summed E-state index contributed by atoms with van der Waals surface area (Å²) in [6.45, 7) is 3.67. The van der Waals surface area contributed by atoms with E-state index in [9.17, 15) is 33.1 Å². The first-order chi connectivity index (χ1) is 36.1. The van der Waals surface area contributed by atoms with Crippen LogP contribution in [0.15, 0.2) is 134 Å². The van der Waals surface area contributed by atoms with Crippen LogP contribution in [0.5, 0.6) is 0 Å². The van der Waals surface area contributed by atoms with Gasteiger partial charge < -0.3 is 34.3 Å². The van der Waals surface area contributed by atoms with Gasteiger partial charge >= 0.3 is 16.4 Å². The Hall–Kier alpha value is -3.76. The van der Waals surface area contributed by atoms with Gasteiger partial charge in [-0.15, -0.1) is 0 Å². The number of hydrogen-bond acceptors (Lipinski definition) is 11. The van der Waals surface area contributed by atoms with Crippen LogP contribution in [0.25, 0.3) is 0 Å². The minimum Gasteiger partial charge on any atom is -0.457 e. The van der Waals surface area contributed by atoms with Crippen LogP contribution in [0.2, 0.25) is 0 Å². The molecule has 1 aliphatic rings. The van der Waals surface area contributed by atoms with E-state index in [1.54, 1.807) is 0 Å². The normalized spacial score (nSPS) is 19.8. The molecule has 12 nitrogen and oxygen atoms in total. The first-order valence-corrected chi connectivity index (χ1v) is 29.3. The molecule has 0 spiro atoms. The van der Waals surface area contributed by atoms with Gasteiger partial charge in [-0.1, -0.05) is 205 Å². The topological polar surface area (TPSA) is 178 Å². The van der Waals surface area contributed by atoms with E-state index in [0.717, 1.165) is 96.3 Å². The lowest BCUT2D eigenvalue weighted by molar-refractivity contribution is -0.301. The van der Waals surface area contributed by atoms with Crippen molar-refractivity contribution in [2.24, 2.45) is 0 Å². The predicted octanol–water partition coefficient (Wildman–Crippen LogP) is 13.9. The quantitative estimate of drug-likeness (QED) is 0.0197. The largest absolute Gasteiger partial charge is 0.457 e. The molecule has 0 saturated carbocycles. The maximum Gasteiger partial charge on any atom is 0.397 e. The summed E-state index contributed by atoms with van der Waals surface area (Å²) in [4.78, 5) is 12.9. The molecule has 1 saturated heterocycles. The summed E-state index contributed by atoms with van der Waals surface area (Å²) in [7, 11) is -5.08. The van der Waals surface area contributed by atoms with Crippen LogP contribution in [0, 0.1) is 0 Å². The molecule has 4 N–H and O–H groups in total. The molecular formula is C61H98O12S. The monoisotopic (exact) mass is 1050 g/mol. The van der Waals surface area contributed by atoms with Gasteiger partial charge in [0.15, 0.2) is 6.29 Å². The maximum absolute atomic E-state index is 12.9. The second-order valence-corrected chi connectivity index (χ2v) is 19.5. The van der Waals surface area contributed by atoms with Gasteiger partial charge in [-0.2, -0.15) is 8.42 Å². The summed E-state index contributed by atoms with van der Waals surface area (Å²) in [5.74, 6) is -0.462. The van der Waals surface area contributed by atoms with Crippen molar-refractivity contribution in [1.29, 1.82) is 0 Å². The molecule has 6 unspecified atom stereocenters. The average Bonchev–Trinajstić information content (AvgIpc) is 3.38. The maximum atomic E-state index is 12.9. The highest BCUT2D eigenvalue weighted by atomic mass is 32.3. The summed E-state index contributed by atoms with van der Waals surface area (Å²) >= 11 is 0. The van der Waals surface area contributed by atoms with E-state index >= 15 is 0 Å². The fourth-order valence-corrected chi connectivity index (χ4v) is 8.16. The van der Waals surface area contributed by atoms with Crippen molar-refractivity contribution in [3.05, 3.63) is 134 Å². The number of unbranched alkanes of at least 4 members (excludes halogenated alkanes) is 12. The second kappa shape index (κ2) is 50.1. The fourth-order valence-electron chi connectivity index (χ4n) is 7.65. The molecule has 1 aliphatic heterocycles. The van der Waals surface area contributed by atoms with Crippen LogP contribution in [0.3, 0.4) is 0 Å². The van der Waals surface area contributed by atoms with E-state index in [-0.39, 0.29) is 19.6 Å². The first-order valence-electron chi connectivity index (χ1n) is 27.9. The zero-order chi connectivity index (χ0) is 53.8. The number of hydrogen-bond donors (Lipinski definition) is 4. The van der Waals surface area contributed by atoms with Crippen LogP contribution < -0.4 is 0 Å². The summed E-state index contributed by atoms with van der Waals surface area (Å²) in [6.07, 6.45) is 64.9. The molecule has 0 aliphatic carbocycles. The number of esters is 1. The van der Waals surface area contributed by atoms with Gasteiger partial charge in [-0.25, -0.2) is 4.18 Å². The van der Waals surface area contributed by atoms with E-state index in [2.05, 4.69) is 146 Å². The lowest BCUT2D eigenvalue weighted by Crippen LogP contribution is -2.60. The predicted molar refractivity (Wildman–Crippen MR) is 303 cm³/mol. The molecule has 0 bridgehead atoms. The first kappa shape index (κ1) is 68.3. The Labute approximate surface area is 448 Å². The number of allylic oxidation sites excluding steroid dienone is 22. The lowest BCUT2D eigenvalue weighted by atomic mass is 9.99. The van der Waals surface area contributed by atoms with E-state index in [4.69, 9.17) is 18.9 Å². The molecule has 420 valence electrons. The van der Waals surface area contributed by atoms with Crippen molar-refractivity contribution in [2.75, 3.05) is 26.4 Å². The molecule has 0 aromatic carbocycles. The van der Waals surface area contributed by atoms with Gasteiger partial charge in [0.05, 0.1) is 19.8 Å². The van der Waals surface area contributed by atoms with Crippen molar-refractivity contribution in [3.63, 3.8) is 0 Å². The molecule has 0 aromatic rings. The Morgan fingerprint density at radius 2 is 0.892 bits per heavy atom. The highest BCUT2D eigenvalue weighted by molar-refractivity contribution is 7.80. The SMILES string of the molecule is CC/C=C\C/C=C\C/C=C\C/C=C\C/C=C\C/C=C\C/C=C\CCCC(=O)OC(COCCCCCCCCCCCCC/C=C\C/C=C\C/C=C\C/C=C\CC)COC1OC(CO)C(O)C(OS(=O)(=O)O)C1O. The fraction of sp³-hybridized carbons (Fsp3) is 0.623. The van der Waals surface area contributed by atoms with Gasteiger partial charge in [-0.3, -0.25) is 9.35 Å². The zero-order valence-corrected chi connectivity index (χ0v) is 46.2. The standard InChI is InChI=1S/C61H98O12S/c1-3-5-7-9-11-13-15-17-19-21-23-25-27-29-31-33-35-37-39-41-43-45-47-49-51-69-53-55(54-70-61-59(65)60(73-74(66,67)68)58(64)56(52-62)72-61)71-57(63)50-48-46-44-42-40-38-36-34-32-30-28-26-24-22-20-18-16-14-12-10-8-6-4-2/h5-8,11-14,17-20,23-26,30,32,36,38,42,44,55-56,58-62,64-65H,3-4,9-10,15-16,21-22,27-29,31,33-35,37,39-41,43,45-54H2,1-2H3,(H,66,67,68)/b7-5-,8-6-,13-11-,14-12-,19-17-,20-18-,25-23-,26-24-,32-30-,38-36-,44-42-. The van der Waals surface area contributed by atoms with Crippen molar-refractivity contribution in [2.45, 2.75) is 218 Å². The minimum absolute atomic E-state index is 0.000852. The molecule has 1 heterocycles.